The van der Waals surface area contributed by atoms with Crippen molar-refractivity contribution in [1.29, 1.82) is 0 Å². The molecular weight excluding hydrogens is 421 g/mol. The van der Waals surface area contributed by atoms with Gasteiger partial charge in [0, 0.05) is 27.9 Å². The van der Waals surface area contributed by atoms with E-state index in [0.717, 1.165) is 22.6 Å². The predicted molar refractivity (Wildman–Crippen MR) is 121 cm³/mol. The van der Waals surface area contributed by atoms with E-state index in [1.54, 1.807) is 12.1 Å². The van der Waals surface area contributed by atoms with E-state index < -0.39 is 0 Å². The molecule has 0 spiro atoms. The second-order valence-electron chi connectivity index (χ2n) is 6.62. The lowest BCUT2D eigenvalue weighted by molar-refractivity contribution is -0.116. The van der Waals surface area contributed by atoms with Crippen molar-refractivity contribution in [3.63, 3.8) is 0 Å². The van der Waals surface area contributed by atoms with Crippen molar-refractivity contribution in [2.24, 2.45) is 0 Å². The van der Waals surface area contributed by atoms with Crippen LogP contribution in [0.1, 0.15) is 26.7 Å². The fourth-order valence-corrected chi connectivity index (χ4v) is 4.30. The Morgan fingerprint density at radius 2 is 1.93 bits per heavy atom. The smallest absolute Gasteiger partial charge is 0.239 e. The van der Waals surface area contributed by atoms with Crippen molar-refractivity contribution in [2.45, 2.75) is 36.8 Å². The van der Waals surface area contributed by atoms with Crippen LogP contribution in [0.2, 0.25) is 0 Å². The van der Waals surface area contributed by atoms with Gasteiger partial charge in [0.15, 0.2) is 5.13 Å². The summed E-state index contributed by atoms with van der Waals surface area (Å²) in [6, 6.07) is 13.5. The van der Waals surface area contributed by atoms with Gasteiger partial charge in [0.25, 0.3) is 0 Å². The molecule has 8 heteroatoms. The van der Waals surface area contributed by atoms with Crippen LogP contribution in [0.3, 0.4) is 0 Å². The molecule has 1 heterocycles. The van der Waals surface area contributed by atoms with Gasteiger partial charge in [-0.05, 0) is 55.8 Å². The Hall–Kier alpha value is -2.71. The van der Waals surface area contributed by atoms with E-state index in [1.807, 2.05) is 43.5 Å². The SMILES string of the molecule is CCCC(=O)Nc1cccc(SC(C)C(=O)Nc2nc(-c3ccc(F)cc3)cs2)c1. The molecule has 5 nitrogen and oxygen atoms in total. The minimum absolute atomic E-state index is 0.0221. The normalized spacial score (nSPS) is 11.7. The van der Waals surface area contributed by atoms with Crippen LogP contribution in [-0.2, 0) is 9.59 Å². The molecule has 2 N–H and O–H groups in total. The molecular formula is C22H22FN3O2S2. The number of nitrogens with zero attached hydrogens (tertiary/aromatic N) is 1. The standard InChI is InChI=1S/C22H22FN3O2S2/c1-3-5-20(27)24-17-6-4-7-18(12-17)30-14(2)21(28)26-22-25-19(13-29-22)15-8-10-16(23)11-9-15/h4,6-14H,3,5H2,1-2H3,(H,24,27)(H,25,26,28). The Balaban J connectivity index is 1.59. The number of aromatic nitrogens is 1. The third kappa shape index (κ3) is 6.14. The lowest BCUT2D eigenvalue weighted by Crippen LogP contribution is -2.22. The summed E-state index contributed by atoms with van der Waals surface area (Å²) in [4.78, 5) is 29.6. The van der Waals surface area contributed by atoms with Crippen LogP contribution in [0.4, 0.5) is 15.2 Å². The molecule has 1 aromatic heterocycles. The monoisotopic (exact) mass is 443 g/mol. The maximum Gasteiger partial charge on any atom is 0.239 e. The first-order chi connectivity index (χ1) is 14.4. The van der Waals surface area contributed by atoms with Crippen molar-refractivity contribution >= 4 is 45.7 Å². The molecule has 3 aromatic rings. The quantitative estimate of drug-likeness (QED) is 0.431. The minimum Gasteiger partial charge on any atom is -0.326 e. The molecule has 30 heavy (non-hydrogen) atoms. The van der Waals surface area contributed by atoms with Crippen molar-refractivity contribution in [1.82, 2.24) is 4.98 Å². The molecule has 0 saturated carbocycles. The van der Waals surface area contributed by atoms with Crippen LogP contribution in [0.15, 0.2) is 58.8 Å². The molecule has 0 radical (unpaired) electrons. The van der Waals surface area contributed by atoms with Gasteiger partial charge < -0.3 is 10.6 Å². The van der Waals surface area contributed by atoms with Crippen molar-refractivity contribution in [2.75, 3.05) is 10.6 Å². The maximum atomic E-state index is 13.1. The zero-order valence-electron chi connectivity index (χ0n) is 16.6. The Labute approximate surface area is 183 Å². The number of carbonyl (C=O) groups excluding carboxylic acids is 2. The molecule has 0 fully saturated rings. The summed E-state index contributed by atoms with van der Waals surface area (Å²) in [6.45, 7) is 3.77. The zero-order chi connectivity index (χ0) is 21.5. The number of thioether (sulfide) groups is 1. The number of anilines is 2. The van der Waals surface area contributed by atoms with Crippen LogP contribution in [-0.4, -0.2) is 22.0 Å². The zero-order valence-corrected chi connectivity index (χ0v) is 18.3. The van der Waals surface area contributed by atoms with Crippen LogP contribution >= 0.6 is 23.1 Å². The average Bonchev–Trinajstić information content (AvgIpc) is 3.17. The first-order valence-corrected chi connectivity index (χ1v) is 11.3. The maximum absolute atomic E-state index is 13.1. The summed E-state index contributed by atoms with van der Waals surface area (Å²) in [7, 11) is 0. The number of hydrogen-bond donors (Lipinski definition) is 2. The summed E-state index contributed by atoms with van der Waals surface area (Å²) in [5, 5.41) is 7.65. The van der Waals surface area contributed by atoms with E-state index in [2.05, 4.69) is 15.6 Å². The van der Waals surface area contributed by atoms with E-state index in [9.17, 15) is 14.0 Å². The molecule has 2 aromatic carbocycles. The predicted octanol–water partition coefficient (Wildman–Crippen LogP) is 5.81. The average molecular weight is 444 g/mol. The number of rotatable bonds is 8. The third-order valence-corrected chi connectivity index (χ3v) is 6.00. The van der Waals surface area contributed by atoms with E-state index in [-0.39, 0.29) is 22.9 Å². The summed E-state index contributed by atoms with van der Waals surface area (Å²) >= 11 is 2.72. The first kappa shape index (κ1) is 22.0. The molecule has 2 amide bonds. The Kier molecular flexibility index (Phi) is 7.59. The second kappa shape index (κ2) is 10.4. The van der Waals surface area contributed by atoms with E-state index in [0.29, 0.717) is 17.2 Å². The van der Waals surface area contributed by atoms with E-state index in [1.165, 1.54) is 35.2 Å². The van der Waals surface area contributed by atoms with Gasteiger partial charge in [-0.2, -0.15) is 0 Å². The summed E-state index contributed by atoms with van der Waals surface area (Å²) in [5.41, 5.74) is 2.19. The van der Waals surface area contributed by atoms with Crippen LogP contribution < -0.4 is 10.6 Å². The number of thiazole rings is 1. The minimum atomic E-state index is -0.357. The second-order valence-corrected chi connectivity index (χ2v) is 8.89. The lowest BCUT2D eigenvalue weighted by Gasteiger charge is -2.12. The number of amides is 2. The van der Waals surface area contributed by atoms with Crippen LogP contribution in [0.5, 0.6) is 0 Å². The summed E-state index contributed by atoms with van der Waals surface area (Å²) in [5.74, 6) is -0.492. The fourth-order valence-electron chi connectivity index (χ4n) is 2.65. The van der Waals surface area contributed by atoms with Gasteiger partial charge in [0.1, 0.15) is 5.82 Å². The molecule has 0 aliphatic heterocycles. The van der Waals surface area contributed by atoms with Gasteiger partial charge in [0.2, 0.25) is 11.8 Å². The van der Waals surface area contributed by atoms with Crippen molar-refractivity contribution < 1.29 is 14.0 Å². The molecule has 0 aliphatic carbocycles. The molecule has 3 rings (SSSR count). The van der Waals surface area contributed by atoms with Gasteiger partial charge in [-0.3, -0.25) is 9.59 Å². The Morgan fingerprint density at radius 1 is 1.17 bits per heavy atom. The third-order valence-electron chi connectivity index (χ3n) is 4.15. The largest absolute Gasteiger partial charge is 0.326 e. The summed E-state index contributed by atoms with van der Waals surface area (Å²) in [6.07, 6.45) is 1.26. The fraction of sp³-hybridized carbons (Fsp3) is 0.227. The van der Waals surface area contributed by atoms with Crippen LogP contribution in [0.25, 0.3) is 11.3 Å². The number of halogens is 1. The van der Waals surface area contributed by atoms with Crippen LogP contribution in [0, 0.1) is 5.82 Å². The molecule has 156 valence electrons. The van der Waals surface area contributed by atoms with Crippen molar-refractivity contribution in [3.8, 4) is 11.3 Å². The highest BCUT2D eigenvalue weighted by Gasteiger charge is 2.17. The molecule has 0 saturated heterocycles. The lowest BCUT2D eigenvalue weighted by atomic mass is 10.2. The number of hydrogen-bond acceptors (Lipinski definition) is 5. The molecule has 1 unspecified atom stereocenters. The highest BCUT2D eigenvalue weighted by molar-refractivity contribution is 8.00. The highest BCUT2D eigenvalue weighted by atomic mass is 32.2. The number of benzene rings is 2. The van der Waals surface area contributed by atoms with Gasteiger partial charge in [-0.15, -0.1) is 23.1 Å². The Morgan fingerprint density at radius 3 is 2.67 bits per heavy atom. The topological polar surface area (TPSA) is 71.1 Å². The first-order valence-electron chi connectivity index (χ1n) is 9.53. The molecule has 0 bridgehead atoms. The van der Waals surface area contributed by atoms with Gasteiger partial charge in [-0.1, -0.05) is 13.0 Å². The number of nitrogens with one attached hydrogen (secondary N) is 2. The Bertz CT molecular complexity index is 1020. The van der Waals surface area contributed by atoms with E-state index >= 15 is 0 Å². The molecule has 1 atom stereocenters. The van der Waals surface area contributed by atoms with Crippen molar-refractivity contribution in [3.05, 3.63) is 59.7 Å². The van der Waals surface area contributed by atoms with Gasteiger partial charge >= 0.3 is 0 Å². The van der Waals surface area contributed by atoms with Gasteiger partial charge in [-0.25, -0.2) is 9.37 Å². The van der Waals surface area contributed by atoms with E-state index in [4.69, 9.17) is 0 Å². The molecule has 0 aliphatic rings. The highest BCUT2D eigenvalue weighted by Crippen LogP contribution is 2.28. The summed E-state index contributed by atoms with van der Waals surface area (Å²) < 4.78 is 13.1. The van der Waals surface area contributed by atoms with Gasteiger partial charge in [0.05, 0.1) is 10.9 Å². The number of carbonyl (C=O) groups is 2.